The van der Waals surface area contributed by atoms with E-state index in [-0.39, 0.29) is 11.8 Å². The van der Waals surface area contributed by atoms with Crippen molar-refractivity contribution in [1.29, 1.82) is 0 Å². The predicted octanol–water partition coefficient (Wildman–Crippen LogP) is 3.92. The Balaban J connectivity index is 1.37. The summed E-state index contributed by atoms with van der Waals surface area (Å²) in [5.41, 5.74) is 2.73. The van der Waals surface area contributed by atoms with E-state index in [1.807, 2.05) is 54.3 Å². The summed E-state index contributed by atoms with van der Waals surface area (Å²) in [5, 5.41) is 7.13. The molecule has 1 N–H and O–H groups in total. The van der Waals surface area contributed by atoms with Crippen molar-refractivity contribution >= 4 is 17.6 Å². The average molecular weight is 422 g/mol. The van der Waals surface area contributed by atoms with E-state index in [9.17, 15) is 4.79 Å². The number of ether oxygens (including phenoxy) is 2. The average Bonchev–Trinajstić information content (AvgIpc) is 3.29. The quantitative estimate of drug-likeness (QED) is 0.644. The van der Waals surface area contributed by atoms with Crippen molar-refractivity contribution in [2.24, 2.45) is 5.92 Å². The van der Waals surface area contributed by atoms with Crippen molar-refractivity contribution < 1.29 is 18.8 Å². The number of piperidine rings is 1. The van der Waals surface area contributed by atoms with Crippen LogP contribution in [0.25, 0.3) is 11.4 Å². The highest BCUT2D eigenvalue weighted by molar-refractivity contribution is 5.92. The molecule has 1 fully saturated rings. The molecule has 1 aliphatic heterocycles. The lowest BCUT2D eigenvalue weighted by molar-refractivity contribution is -0.120. The van der Waals surface area contributed by atoms with Gasteiger partial charge in [0.2, 0.25) is 11.7 Å². The highest BCUT2D eigenvalue weighted by atomic mass is 16.5. The van der Waals surface area contributed by atoms with E-state index >= 15 is 0 Å². The Bertz CT molecular complexity index is 1060. The second-order valence-electron chi connectivity index (χ2n) is 7.59. The number of carbonyl (C=O) groups excluding carboxylic acids is 1. The highest BCUT2D eigenvalue weighted by Gasteiger charge is 2.27. The van der Waals surface area contributed by atoms with Crippen molar-refractivity contribution in [2.75, 3.05) is 37.5 Å². The molecule has 0 saturated carbocycles. The first-order valence-corrected chi connectivity index (χ1v) is 10.3. The van der Waals surface area contributed by atoms with E-state index in [0.717, 1.165) is 29.7 Å². The molecule has 8 nitrogen and oxygen atoms in total. The van der Waals surface area contributed by atoms with Gasteiger partial charge in [0, 0.05) is 30.3 Å². The molecule has 3 aromatic rings. The van der Waals surface area contributed by atoms with Gasteiger partial charge in [-0.25, -0.2) is 0 Å². The molecule has 0 atom stereocenters. The molecule has 1 amide bonds. The molecule has 0 aliphatic carbocycles. The summed E-state index contributed by atoms with van der Waals surface area (Å²) in [4.78, 5) is 19.2. The Hall–Kier alpha value is -3.55. The maximum atomic E-state index is 12.6. The zero-order valence-electron chi connectivity index (χ0n) is 17.9. The number of aryl methyl sites for hydroxylation is 1. The minimum atomic E-state index is -0.0370. The van der Waals surface area contributed by atoms with Gasteiger partial charge < -0.3 is 24.2 Å². The second kappa shape index (κ2) is 9.07. The number of anilines is 2. The molecule has 1 aromatic heterocycles. The number of amides is 1. The smallest absolute Gasteiger partial charge is 0.324 e. The van der Waals surface area contributed by atoms with E-state index in [1.165, 1.54) is 0 Å². The van der Waals surface area contributed by atoms with Crippen LogP contribution in [-0.4, -0.2) is 43.4 Å². The molecule has 0 spiro atoms. The lowest BCUT2D eigenvalue weighted by Crippen LogP contribution is -2.38. The van der Waals surface area contributed by atoms with Crippen molar-refractivity contribution in [3.63, 3.8) is 0 Å². The Morgan fingerprint density at radius 1 is 1.10 bits per heavy atom. The number of nitrogens with zero attached hydrogens (tertiary/aromatic N) is 3. The van der Waals surface area contributed by atoms with Crippen LogP contribution in [-0.2, 0) is 4.79 Å². The number of nitrogens with one attached hydrogen (secondary N) is 1. The molecule has 1 aliphatic rings. The number of carbonyl (C=O) groups is 1. The maximum Gasteiger partial charge on any atom is 0.324 e. The number of hydrogen-bond acceptors (Lipinski definition) is 7. The van der Waals surface area contributed by atoms with Gasteiger partial charge in [-0.2, -0.15) is 4.98 Å². The second-order valence-corrected chi connectivity index (χ2v) is 7.59. The van der Waals surface area contributed by atoms with Gasteiger partial charge in [-0.05, 0) is 55.7 Å². The van der Waals surface area contributed by atoms with Crippen LogP contribution in [0, 0.1) is 12.8 Å². The van der Waals surface area contributed by atoms with Crippen LogP contribution in [0.4, 0.5) is 11.7 Å². The van der Waals surface area contributed by atoms with Crippen LogP contribution in [0.3, 0.4) is 0 Å². The SMILES string of the molecule is COc1ccc(-c2noc(N3CCC(C(=O)Nc4cccc(C)c4)CC3)n2)cc1OC. The predicted molar refractivity (Wildman–Crippen MR) is 118 cm³/mol. The van der Waals surface area contributed by atoms with Gasteiger partial charge >= 0.3 is 6.01 Å². The summed E-state index contributed by atoms with van der Waals surface area (Å²) < 4.78 is 16.1. The molecule has 31 heavy (non-hydrogen) atoms. The molecule has 8 heteroatoms. The van der Waals surface area contributed by atoms with Gasteiger partial charge in [0.25, 0.3) is 0 Å². The molecule has 0 bridgehead atoms. The summed E-state index contributed by atoms with van der Waals surface area (Å²) in [6.07, 6.45) is 1.46. The van der Waals surface area contributed by atoms with Gasteiger partial charge in [0.1, 0.15) is 0 Å². The van der Waals surface area contributed by atoms with E-state index < -0.39 is 0 Å². The zero-order valence-corrected chi connectivity index (χ0v) is 17.9. The third-order valence-electron chi connectivity index (χ3n) is 5.48. The standard InChI is InChI=1S/C23H26N4O4/c1-15-5-4-6-18(13-15)24-22(28)16-9-11-27(12-10-16)23-25-21(26-31-23)17-7-8-19(29-2)20(14-17)30-3/h4-8,13-14,16H,9-12H2,1-3H3,(H,24,28). The molecule has 0 unspecified atom stereocenters. The summed E-state index contributed by atoms with van der Waals surface area (Å²) >= 11 is 0. The molecule has 1 saturated heterocycles. The number of benzene rings is 2. The van der Waals surface area contributed by atoms with Crippen LogP contribution in [0.2, 0.25) is 0 Å². The number of aromatic nitrogens is 2. The molecule has 4 rings (SSSR count). The fourth-order valence-electron chi connectivity index (χ4n) is 3.74. The molecule has 0 radical (unpaired) electrons. The summed E-state index contributed by atoms with van der Waals surface area (Å²) in [6.45, 7) is 3.37. The largest absolute Gasteiger partial charge is 0.493 e. The van der Waals surface area contributed by atoms with Crippen LogP contribution in [0.1, 0.15) is 18.4 Å². The third kappa shape index (κ3) is 4.63. The lowest BCUT2D eigenvalue weighted by Gasteiger charge is -2.29. The Labute approximate surface area is 181 Å². The number of methoxy groups -OCH3 is 2. The van der Waals surface area contributed by atoms with Crippen molar-refractivity contribution in [1.82, 2.24) is 10.1 Å². The number of hydrogen-bond donors (Lipinski definition) is 1. The summed E-state index contributed by atoms with van der Waals surface area (Å²) in [5.74, 6) is 1.75. The van der Waals surface area contributed by atoms with Crippen molar-refractivity contribution in [2.45, 2.75) is 19.8 Å². The summed E-state index contributed by atoms with van der Waals surface area (Å²) in [6, 6.07) is 13.8. The van der Waals surface area contributed by atoms with Gasteiger partial charge in [0.05, 0.1) is 14.2 Å². The monoisotopic (exact) mass is 422 g/mol. The van der Waals surface area contributed by atoms with E-state index in [2.05, 4.69) is 15.5 Å². The Morgan fingerprint density at radius 3 is 2.58 bits per heavy atom. The Morgan fingerprint density at radius 2 is 1.87 bits per heavy atom. The van der Waals surface area contributed by atoms with Gasteiger partial charge in [-0.1, -0.05) is 17.3 Å². The molecular formula is C23H26N4O4. The van der Waals surface area contributed by atoms with Crippen LogP contribution in [0.5, 0.6) is 11.5 Å². The van der Waals surface area contributed by atoms with Crippen molar-refractivity contribution in [3.8, 4) is 22.9 Å². The minimum Gasteiger partial charge on any atom is -0.493 e. The van der Waals surface area contributed by atoms with E-state index in [1.54, 1.807) is 14.2 Å². The van der Waals surface area contributed by atoms with Crippen LogP contribution >= 0.6 is 0 Å². The molecular weight excluding hydrogens is 396 g/mol. The van der Waals surface area contributed by atoms with E-state index in [4.69, 9.17) is 14.0 Å². The Kier molecular flexibility index (Phi) is 6.06. The van der Waals surface area contributed by atoms with Crippen molar-refractivity contribution in [3.05, 3.63) is 48.0 Å². The third-order valence-corrected chi connectivity index (χ3v) is 5.48. The first-order valence-electron chi connectivity index (χ1n) is 10.3. The topological polar surface area (TPSA) is 89.7 Å². The lowest BCUT2D eigenvalue weighted by atomic mass is 9.96. The normalized spacial score (nSPS) is 14.4. The van der Waals surface area contributed by atoms with Crippen LogP contribution in [0.15, 0.2) is 47.0 Å². The van der Waals surface area contributed by atoms with Gasteiger partial charge in [-0.3, -0.25) is 4.79 Å². The maximum absolute atomic E-state index is 12.6. The first-order chi connectivity index (χ1) is 15.1. The highest BCUT2D eigenvalue weighted by Crippen LogP contribution is 2.32. The van der Waals surface area contributed by atoms with Crippen LogP contribution < -0.4 is 19.7 Å². The zero-order chi connectivity index (χ0) is 21.8. The minimum absolute atomic E-state index is 0.0370. The molecule has 162 valence electrons. The van der Waals surface area contributed by atoms with Gasteiger partial charge in [-0.15, -0.1) is 0 Å². The molecule has 2 aromatic carbocycles. The molecule has 2 heterocycles. The first kappa shape index (κ1) is 20.7. The van der Waals surface area contributed by atoms with Gasteiger partial charge in [0.15, 0.2) is 11.5 Å². The van der Waals surface area contributed by atoms with E-state index in [0.29, 0.717) is 36.4 Å². The summed E-state index contributed by atoms with van der Waals surface area (Å²) in [7, 11) is 3.18. The number of rotatable bonds is 6. The fraction of sp³-hybridized carbons (Fsp3) is 0.348. The fourth-order valence-corrected chi connectivity index (χ4v) is 3.74.